The molecule has 0 fully saturated rings. The molecule has 0 spiro atoms. The molecular formula is C17H20N4O2. The minimum absolute atomic E-state index is 0.314. The number of hydrogen-bond acceptors (Lipinski definition) is 3. The fourth-order valence-corrected chi connectivity index (χ4v) is 2.73. The van der Waals surface area contributed by atoms with Crippen LogP contribution < -0.4 is 11.2 Å². The van der Waals surface area contributed by atoms with Gasteiger partial charge in [0.2, 0.25) is 0 Å². The predicted octanol–water partition coefficient (Wildman–Crippen LogP) is 1.62. The normalized spacial score (nSPS) is 11.2. The minimum Gasteiger partial charge on any atom is -0.336 e. The molecule has 23 heavy (non-hydrogen) atoms. The van der Waals surface area contributed by atoms with Gasteiger partial charge in [-0.3, -0.25) is 13.9 Å². The molecule has 3 rings (SSSR count). The van der Waals surface area contributed by atoms with Gasteiger partial charge in [0, 0.05) is 20.0 Å². The zero-order valence-electron chi connectivity index (χ0n) is 13.4. The SMILES string of the molecule is CCCn1c(=O)n(C)c(=O)c2[nH]c(CCc3ccccc3)nc21. The molecule has 3 aromatic rings. The lowest BCUT2D eigenvalue weighted by Gasteiger charge is -2.06. The van der Waals surface area contributed by atoms with Crippen molar-refractivity contribution in [3.05, 3.63) is 62.6 Å². The summed E-state index contributed by atoms with van der Waals surface area (Å²) in [4.78, 5) is 32.1. The Balaban J connectivity index is 2.01. The van der Waals surface area contributed by atoms with Gasteiger partial charge < -0.3 is 4.98 Å². The molecule has 6 heteroatoms. The number of H-pyrrole nitrogens is 1. The van der Waals surface area contributed by atoms with Crippen molar-refractivity contribution in [2.75, 3.05) is 0 Å². The molecule has 0 aliphatic heterocycles. The highest BCUT2D eigenvalue weighted by Crippen LogP contribution is 2.09. The maximum atomic E-state index is 12.3. The fraction of sp³-hybridized carbons (Fsp3) is 0.353. The highest BCUT2D eigenvalue weighted by atomic mass is 16.2. The molecule has 0 amide bonds. The van der Waals surface area contributed by atoms with Crippen molar-refractivity contribution in [1.29, 1.82) is 0 Å². The number of aromatic amines is 1. The Morgan fingerprint density at radius 3 is 2.57 bits per heavy atom. The van der Waals surface area contributed by atoms with Gasteiger partial charge in [-0.05, 0) is 18.4 Å². The van der Waals surface area contributed by atoms with Gasteiger partial charge in [-0.25, -0.2) is 9.78 Å². The van der Waals surface area contributed by atoms with E-state index in [4.69, 9.17) is 0 Å². The Morgan fingerprint density at radius 1 is 1.13 bits per heavy atom. The van der Waals surface area contributed by atoms with E-state index in [0.29, 0.717) is 24.1 Å². The largest absolute Gasteiger partial charge is 0.336 e. The second-order valence-corrected chi connectivity index (χ2v) is 5.67. The second-order valence-electron chi connectivity index (χ2n) is 5.67. The minimum atomic E-state index is -0.323. The number of fused-ring (bicyclic) bond motifs is 1. The third kappa shape index (κ3) is 2.84. The van der Waals surface area contributed by atoms with Gasteiger partial charge in [-0.1, -0.05) is 37.3 Å². The number of aromatic nitrogens is 4. The smallest absolute Gasteiger partial charge is 0.332 e. The quantitative estimate of drug-likeness (QED) is 0.778. The number of nitrogens with zero attached hydrogens (tertiary/aromatic N) is 3. The van der Waals surface area contributed by atoms with E-state index in [9.17, 15) is 9.59 Å². The van der Waals surface area contributed by atoms with Crippen molar-refractivity contribution in [1.82, 2.24) is 19.1 Å². The molecule has 0 saturated carbocycles. The molecule has 0 bridgehead atoms. The van der Waals surface area contributed by atoms with Gasteiger partial charge in [0.1, 0.15) is 11.3 Å². The molecule has 0 atom stereocenters. The molecule has 0 saturated heterocycles. The van der Waals surface area contributed by atoms with Crippen LogP contribution in [0.15, 0.2) is 39.9 Å². The van der Waals surface area contributed by atoms with Gasteiger partial charge in [0.15, 0.2) is 5.65 Å². The van der Waals surface area contributed by atoms with Crippen LogP contribution in [0.4, 0.5) is 0 Å². The van der Waals surface area contributed by atoms with Gasteiger partial charge in [-0.15, -0.1) is 0 Å². The van der Waals surface area contributed by atoms with Crippen LogP contribution in [0.2, 0.25) is 0 Å². The van der Waals surface area contributed by atoms with Crippen LogP contribution in [-0.2, 0) is 26.4 Å². The molecule has 0 aliphatic carbocycles. The van der Waals surface area contributed by atoms with E-state index in [-0.39, 0.29) is 11.2 Å². The summed E-state index contributed by atoms with van der Waals surface area (Å²) in [5.41, 5.74) is 1.44. The fourth-order valence-electron chi connectivity index (χ4n) is 2.73. The molecule has 2 aromatic heterocycles. The zero-order valence-corrected chi connectivity index (χ0v) is 13.4. The van der Waals surface area contributed by atoms with Crippen molar-refractivity contribution in [3.63, 3.8) is 0 Å². The molecule has 0 unspecified atom stereocenters. The van der Waals surface area contributed by atoms with Crippen LogP contribution in [-0.4, -0.2) is 19.1 Å². The van der Waals surface area contributed by atoms with E-state index in [2.05, 4.69) is 22.1 Å². The summed E-state index contributed by atoms with van der Waals surface area (Å²) in [5.74, 6) is 0.733. The summed E-state index contributed by atoms with van der Waals surface area (Å²) in [6, 6.07) is 10.1. The zero-order chi connectivity index (χ0) is 16.4. The van der Waals surface area contributed by atoms with E-state index in [1.807, 2.05) is 25.1 Å². The molecule has 120 valence electrons. The number of imidazole rings is 1. The summed E-state index contributed by atoms with van der Waals surface area (Å²) in [5, 5.41) is 0. The Kier molecular flexibility index (Phi) is 4.14. The average Bonchev–Trinajstić information content (AvgIpc) is 3.00. The number of aryl methyl sites for hydroxylation is 3. The topological polar surface area (TPSA) is 72.7 Å². The van der Waals surface area contributed by atoms with Gasteiger partial charge in [-0.2, -0.15) is 0 Å². The third-order valence-corrected chi connectivity index (χ3v) is 3.97. The molecular weight excluding hydrogens is 292 g/mol. The maximum absolute atomic E-state index is 12.3. The molecule has 0 aliphatic rings. The molecule has 0 radical (unpaired) electrons. The first-order chi connectivity index (χ1) is 11.1. The predicted molar refractivity (Wildman–Crippen MR) is 89.7 cm³/mol. The van der Waals surface area contributed by atoms with Gasteiger partial charge >= 0.3 is 5.69 Å². The van der Waals surface area contributed by atoms with Crippen LogP contribution in [0.3, 0.4) is 0 Å². The van der Waals surface area contributed by atoms with E-state index in [0.717, 1.165) is 23.2 Å². The monoisotopic (exact) mass is 312 g/mol. The molecule has 1 aromatic carbocycles. The molecule has 2 heterocycles. The second kappa shape index (κ2) is 6.24. The number of rotatable bonds is 5. The van der Waals surface area contributed by atoms with Crippen LogP contribution >= 0.6 is 0 Å². The lowest BCUT2D eigenvalue weighted by atomic mass is 10.1. The van der Waals surface area contributed by atoms with Gasteiger partial charge in [0.25, 0.3) is 5.56 Å². The third-order valence-electron chi connectivity index (χ3n) is 3.97. The lowest BCUT2D eigenvalue weighted by Crippen LogP contribution is -2.38. The summed E-state index contributed by atoms with van der Waals surface area (Å²) in [6.45, 7) is 2.54. The van der Waals surface area contributed by atoms with Crippen LogP contribution in [0, 0.1) is 0 Å². The summed E-state index contributed by atoms with van der Waals surface area (Å²) < 4.78 is 2.70. The van der Waals surface area contributed by atoms with Crippen molar-refractivity contribution in [2.24, 2.45) is 7.05 Å². The summed E-state index contributed by atoms with van der Waals surface area (Å²) in [6.07, 6.45) is 2.33. The summed E-state index contributed by atoms with van der Waals surface area (Å²) >= 11 is 0. The Labute approximate surface area is 133 Å². The van der Waals surface area contributed by atoms with Crippen molar-refractivity contribution >= 4 is 11.2 Å². The lowest BCUT2D eigenvalue weighted by molar-refractivity contribution is 0.610. The highest BCUT2D eigenvalue weighted by Gasteiger charge is 2.14. The molecule has 6 nitrogen and oxygen atoms in total. The number of benzene rings is 1. The number of nitrogens with one attached hydrogen (secondary N) is 1. The van der Waals surface area contributed by atoms with Crippen LogP contribution in [0.25, 0.3) is 11.2 Å². The maximum Gasteiger partial charge on any atom is 0.332 e. The van der Waals surface area contributed by atoms with E-state index in [1.165, 1.54) is 12.6 Å². The van der Waals surface area contributed by atoms with Crippen LogP contribution in [0.1, 0.15) is 24.7 Å². The van der Waals surface area contributed by atoms with E-state index in [1.54, 1.807) is 4.57 Å². The first-order valence-corrected chi connectivity index (χ1v) is 7.84. The van der Waals surface area contributed by atoms with Crippen LogP contribution in [0.5, 0.6) is 0 Å². The number of hydrogen-bond donors (Lipinski definition) is 1. The first-order valence-electron chi connectivity index (χ1n) is 7.84. The highest BCUT2D eigenvalue weighted by molar-refractivity contribution is 5.69. The van der Waals surface area contributed by atoms with E-state index >= 15 is 0 Å². The van der Waals surface area contributed by atoms with E-state index < -0.39 is 0 Å². The van der Waals surface area contributed by atoms with Crippen molar-refractivity contribution < 1.29 is 0 Å². The van der Waals surface area contributed by atoms with Gasteiger partial charge in [0.05, 0.1) is 0 Å². The Bertz CT molecular complexity index is 935. The molecule has 1 N–H and O–H groups in total. The standard InChI is InChI=1S/C17H20N4O2/c1-3-11-21-15-14(16(22)20(2)17(21)23)18-13(19-15)10-9-12-7-5-4-6-8-12/h4-8H,3,9-11H2,1-2H3,(H,18,19). The average molecular weight is 312 g/mol. The Hall–Kier alpha value is -2.63. The van der Waals surface area contributed by atoms with Crippen molar-refractivity contribution in [2.45, 2.75) is 32.7 Å². The summed E-state index contributed by atoms with van der Waals surface area (Å²) in [7, 11) is 1.50. The Morgan fingerprint density at radius 2 is 1.87 bits per heavy atom. The first kappa shape index (κ1) is 15.3. The van der Waals surface area contributed by atoms with Crippen molar-refractivity contribution in [3.8, 4) is 0 Å².